The van der Waals surface area contributed by atoms with Crippen molar-refractivity contribution >= 4 is 65.6 Å². The monoisotopic (exact) mass is 553 g/mol. The van der Waals surface area contributed by atoms with Gasteiger partial charge >= 0.3 is 0 Å². The van der Waals surface area contributed by atoms with Gasteiger partial charge in [0.1, 0.15) is 10.3 Å². The quantitative estimate of drug-likeness (QED) is 0.386. The van der Waals surface area contributed by atoms with Crippen LogP contribution in [-0.2, 0) is 19.6 Å². The van der Waals surface area contributed by atoms with Crippen LogP contribution in [0.2, 0.25) is 4.34 Å². The average molecular weight is 554 g/mol. The van der Waals surface area contributed by atoms with Gasteiger partial charge in [0, 0.05) is 13.2 Å². The molecule has 2 unspecified atom stereocenters. The lowest BCUT2D eigenvalue weighted by atomic mass is 10.0. The fourth-order valence-corrected chi connectivity index (χ4v) is 9.08. The number of carbonyl (C=O) groups is 1. The second-order valence-electron chi connectivity index (χ2n) is 9.26. The molecule has 35 heavy (non-hydrogen) atoms. The highest BCUT2D eigenvalue weighted by molar-refractivity contribution is 7.91. The van der Waals surface area contributed by atoms with Gasteiger partial charge in [-0.3, -0.25) is 9.69 Å². The van der Waals surface area contributed by atoms with E-state index in [1.807, 2.05) is 12.1 Å². The number of rotatable bonds is 7. The topological polar surface area (TPSA) is 79.8 Å². The molecule has 2 aliphatic heterocycles. The number of thiazole rings is 1. The third kappa shape index (κ3) is 4.89. The van der Waals surface area contributed by atoms with Crippen molar-refractivity contribution in [1.82, 2.24) is 9.29 Å². The molecule has 4 heterocycles. The van der Waals surface area contributed by atoms with Crippen molar-refractivity contribution in [2.75, 3.05) is 24.6 Å². The molecule has 1 amide bonds. The Morgan fingerprint density at radius 2 is 2.06 bits per heavy atom. The van der Waals surface area contributed by atoms with Gasteiger partial charge in [0.15, 0.2) is 5.13 Å². The first kappa shape index (κ1) is 25.1. The second kappa shape index (κ2) is 10.1. The Morgan fingerprint density at radius 1 is 1.23 bits per heavy atom. The number of hydrogen-bond acceptors (Lipinski definition) is 7. The lowest BCUT2D eigenvalue weighted by molar-refractivity contribution is -0.122. The molecule has 0 N–H and O–H groups in total. The van der Waals surface area contributed by atoms with Gasteiger partial charge in [-0.25, -0.2) is 13.4 Å². The largest absolute Gasteiger partial charge is 0.376 e. The van der Waals surface area contributed by atoms with Crippen molar-refractivity contribution in [2.45, 2.75) is 61.8 Å². The maximum Gasteiger partial charge on any atom is 0.253 e. The molecular weight excluding hydrogens is 526 g/mol. The van der Waals surface area contributed by atoms with Crippen molar-refractivity contribution in [2.24, 2.45) is 0 Å². The molecule has 188 valence electrons. The number of para-hydroxylation sites is 1. The second-order valence-corrected chi connectivity index (χ2v) is 14.1. The van der Waals surface area contributed by atoms with Crippen LogP contribution >= 0.6 is 34.3 Å². The number of halogens is 1. The number of sulfonamides is 1. The average Bonchev–Trinajstić information content (AvgIpc) is 3.62. The summed E-state index contributed by atoms with van der Waals surface area (Å²) in [5, 5.41) is 0.594. The summed E-state index contributed by atoms with van der Waals surface area (Å²) >= 11 is 8.50. The molecule has 2 saturated heterocycles. The summed E-state index contributed by atoms with van der Waals surface area (Å²) in [4.78, 5) is 20.6. The lowest BCUT2D eigenvalue weighted by Crippen LogP contribution is -2.49. The molecule has 11 heteroatoms. The van der Waals surface area contributed by atoms with Crippen LogP contribution in [0.3, 0.4) is 0 Å². The third-order valence-electron chi connectivity index (χ3n) is 6.57. The van der Waals surface area contributed by atoms with Crippen LogP contribution in [0.15, 0.2) is 34.5 Å². The summed E-state index contributed by atoms with van der Waals surface area (Å²) < 4.78 is 35.6. The molecule has 0 bridgehead atoms. The Labute approximate surface area is 218 Å². The van der Waals surface area contributed by atoms with Crippen molar-refractivity contribution in [1.29, 1.82) is 0 Å². The number of hydrogen-bond donors (Lipinski definition) is 0. The summed E-state index contributed by atoms with van der Waals surface area (Å²) in [5.74, 6) is 0.0541. The van der Waals surface area contributed by atoms with Crippen LogP contribution in [0.1, 0.15) is 51.0 Å². The number of amides is 1. The van der Waals surface area contributed by atoms with E-state index in [1.54, 1.807) is 11.0 Å². The summed E-state index contributed by atoms with van der Waals surface area (Å²) in [6, 6.07) is 8.41. The predicted octanol–water partition coefficient (Wildman–Crippen LogP) is 5.50. The number of aromatic nitrogens is 1. The third-order valence-corrected chi connectivity index (χ3v) is 11.2. The van der Waals surface area contributed by atoms with E-state index in [0.29, 0.717) is 47.9 Å². The minimum atomic E-state index is -3.83. The maximum atomic E-state index is 14.0. The van der Waals surface area contributed by atoms with E-state index in [9.17, 15) is 13.2 Å². The van der Waals surface area contributed by atoms with E-state index in [0.717, 1.165) is 40.0 Å². The first-order chi connectivity index (χ1) is 16.8. The van der Waals surface area contributed by atoms with E-state index in [4.69, 9.17) is 21.3 Å². The summed E-state index contributed by atoms with van der Waals surface area (Å²) in [6.45, 7) is 5.60. The number of benzene rings is 1. The Bertz CT molecular complexity index is 1330. The fraction of sp³-hybridized carbons (Fsp3) is 0.500. The minimum Gasteiger partial charge on any atom is -0.376 e. The Balaban J connectivity index is 1.51. The molecule has 1 aromatic carbocycles. The first-order valence-electron chi connectivity index (χ1n) is 11.9. The van der Waals surface area contributed by atoms with E-state index in [2.05, 4.69) is 19.9 Å². The summed E-state index contributed by atoms with van der Waals surface area (Å²) in [5.41, 5.74) is 2.03. The zero-order valence-corrected chi connectivity index (χ0v) is 22.9. The molecule has 2 atom stereocenters. The summed E-state index contributed by atoms with van der Waals surface area (Å²) in [6.07, 6.45) is 2.83. The van der Waals surface area contributed by atoms with Crippen molar-refractivity contribution in [3.05, 3.63) is 40.2 Å². The zero-order valence-electron chi connectivity index (χ0n) is 19.6. The molecule has 0 aliphatic carbocycles. The molecule has 7 nitrogen and oxygen atoms in total. The number of anilines is 1. The van der Waals surface area contributed by atoms with Gasteiger partial charge in [-0.15, -0.1) is 11.3 Å². The van der Waals surface area contributed by atoms with Crippen LogP contribution in [0.25, 0.3) is 10.2 Å². The van der Waals surface area contributed by atoms with E-state index in [-0.39, 0.29) is 16.2 Å². The van der Waals surface area contributed by atoms with Gasteiger partial charge in [0.05, 0.1) is 27.2 Å². The minimum absolute atomic E-state index is 0.0851. The highest BCUT2D eigenvalue weighted by atomic mass is 35.5. The number of nitrogens with zero attached hydrogens (tertiary/aromatic N) is 3. The van der Waals surface area contributed by atoms with E-state index in [1.165, 1.54) is 21.7 Å². The van der Waals surface area contributed by atoms with Gasteiger partial charge < -0.3 is 4.74 Å². The van der Waals surface area contributed by atoms with Crippen LogP contribution < -0.4 is 4.90 Å². The van der Waals surface area contributed by atoms with Gasteiger partial charge in [-0.1, -0.05) is 48.9 Å². The van der Waals surface area contributed by atoms with Crippen molar-refractivity contribution in [3.8, 4) is 0 Å². The van der Waals surface area contributed by atoms with Crippen molar-refractivity contribution < 1.29 is 17.9 Å². The van der Waals surface area contributed by atoms with Gasteiger partial charge in [0.25, 0.3) is 10.0 Å². The van der Waals surface area contributed by atoms with E-state index < -0.39 is 16.1 Å². The van der Waals surface area contributed by atoms with Crippen LogP contribution in [0, 0.1) is 0 Å². The first-order valence-corrected chi connectivity index (χ1v) is 15.3. The zero-order chi connectivity index (χ0) is 24.7. The van der Waals surface area contributed by atoms with Gasteiger partial charge in [-0.05, 0) is 55.4 Å². The number of carbonyl (C=O) groups excluding carboxylic acids is 1. The number of thiophene rings is 1. The maximum absolute atomic E-state index is 14.0. The SMILES string of the molecule is CC(C)c1cccc2sc(N(CC3CCCO3)C(=O)C3CCCN3S(=O)(=O)c3ccc(Cl)s3)nc12. The Hall–Kier alpha value is -1.56. The molecule has 2 fully saturated rings. The van der Waals surface area contributed by atoms with Crippen LogP contribution in [0.5, 0.6) is 0 Å². The highest BCUT2D eigenvalue weighted by Gasteiger charge is 2.43. The highest BCUT2D eigenvalue weighted by Crippen LogP contribution is 2.37. The number of ether oxygens (including phenoxy) is 1. The van der Waals surface area contributed by atoms with Crippen LogP contribution in [0.4, 0.5) is 5.13 Å². The molecular formula is C24H28ClN3O4S3. The molecule has 2 aliphatic rings. The van der Waals surface area contributed by atoms with E-state index >= 15 is 0 Å². The molecule has 0 spiro atoms. The standard InChI is InChI=1S/C24H28ClN3O4S3/c1-15(2)17-7-3-9-19-22(17)26-24(33-19)27(14-16-6-5-13-32-16)23(29)18-8-4-12-28(18)35(30,31)21-11-10-20(25)34-21/h3,7,9-11,15-16,18H,4-6,8,12-14H2,1-2H3. The molecule has 3 aromatic rings. The smallest absolute Gasteiger partial charge is 0.253 e. The molecule has 5 rings (SSSR count). The molecule has 0 saturated carbocycles. The molecule has 0 radical (unpaired) electrons. The van der Waals surface area contributed by atoms with Gasteiger partial charge in [0.2, 0.25) is 5.91 Å². The van der Waals surface area contributed by atoms with Crippen molar-refractivity contribution in [3.63, 3.8) is 0 Å². The lowest BCUT2D eigenvalue weighted by Gasteiger charge is -2.29. The normalized spacial score (nSPS) is 21.4. The van der Waals surface area contributed by atoms with Gasteiger partial charge in [-0.2, -0.15) is 4.31 Å². The predicted molar refractivity (Wildman–Crippen MR) is 141 cm³/mol. The molecule has 2 aromatic heterocycles. The Morgan fingerprint density at radius 3 is 2.74 bits per heavy atom. The van der Waals surface area contributed by atoms with Crippen LogP contribution in [-0.4, -0.2) is 55.5 Å². The summed E-state index contributed by atoms with van der Waals surface area (Å²) in [7, 11) is -3.83. The Kier molecular flexibility index (Phi) is 7.22. The fourth-order valence-electron chi connectivity index (χ4n) is 4.80. The number of fused-ring (bicyclic) bond motifs is 1.